The van der Waals surface area contributed by atoms with E-state index in [1.54, 1.807) is 12.4 Å². The largest absolute Gasteiger partial charge is 0.384 e. The zero-order chi connectivity index (χ0) is 17.4. The Morgan fingerprint density at radius 3 is 2.62 bits per heavy atom. The van der Waals surface area contributed by atoms with Crippen LogP contribution in [0, 0.1) is 5.92 Å². The van der Waals surface area contributed by atoms with E-state index in [1.165, 1.54) is 0 Å². The van der Waals surface area contributed by atoms with Gasteiger partial charge in [0.05, 0.1) is 11.3 Å². The molecule has 0 aliphatic carbocycles. The predicted octanol–water partition coefficient (Wildman–Crippen LogP) is 4.20. The van der Waals surface area contributed by atoms with Gasteiger partial charge in [0.25, 0.3) is 5.91 Å². The number of carbonyl (C=O) groups is 1. The second-order valence-electron chi connectivity index (χ2n) is 6.38. The van der Waals surface area contributed by atoms with Gasteiger partial charge in [0.15, 0.2) is 0 Å². The lowest BCUT2D eigenvalue weighted by atomic mass is 10.1. The van der Waals surface area contributed by atoms with Crippen molar-refractivity contribution in [1.82, 2.24) is 9.88 Å². The van der Waals surface area contributed by atoms with Crippen LogP contribution in [0.4, 0.5) is 5.69 Å². The van der Waals surface area contributed by atoms with Crippen molar-refractivity contribution in [2.45, 2.75) is 33.7 Å². The van der Waals surface area contributed by atoms with E-state index in [0.717, 1.165) is 24.2 Å². The topological polar surface area (TPSA) is 45.2 Å². The summed E-state index contributed by atoms with van der Waals surface area (Å²) >= 11 is 0. The van der Waals surface area contributed by atoms with Gasteiger partial charge in [-0.15, -0.1) is 0 Å². The van der Waals surface area contributed by atoms with E-state index < -0.39 is 0 Å². The van der Waals surface area contributed by atoms with Gasteiger partial charge in [0, 0.05) is 32.0 Å². The van der Waals surface area contributed by atoms with Crippen molar-refractivity contribution in [1.29, 1.82) is 0 Å². The van der Waals surface area contributed by atoms with E-state index in [2.05, 4.69) is 24.1 Å². The fourth-order valence-corrected chi connectivity index (χ4v) is 2.47. The second kappa shape index (κ2) is 9.06. The molecular formula is C20H27N3O. The Kier molecular flexibility index (Phi) is 6.79. The summed E-state index contributed by atoms with van der Waals surface area (Å²) in [4.78, 5) is 18.8. The lowest BCUT2D eigenvalue weighted by Gasteiger charge is -2.21. The third-order valence-electron chi connectivity index (χ3n) is 3.92. The number of carbonyl (C=O) groups excluding carboxylic acids is 1. The van der Waals surface area contributed by atoms with E-state index in [9.17, 15) is 4.79 Å². The Morgan fingerprint density at radius 2 is 1.96 bits per heavy atom. The van der Waals surface area contributed by atoms with Crippen molar-refractivity contribution >= 4 is 11.6 Å². The molecule has 0 saturated heterocycles. The van der Waals surface area contributed by atoms with Crippen LogP contribution in [-0.4, -0.2) is 28.9 Å². The van der Waals surface area contributed by atoms with Crippen LogP contribution in [0.15, 0.2) is 48.8 Å². The van der Waals surface area contributed by atoms with Crippen molar-refractivity contribution < 1.29 is 4.79 Å². The maximum Gasteiger partial charge on any atom is 0.255 e. The second-order valence-corrected chi connectivity index (χ2v) is 6.38. The maximum atomic E-state index is 12.8. The molecule has 1 aromatic heterocycles. The summed E-state index contributed by atoms with van der Waals surface area (Å²) in [6, 6.07) is 11.9. The number of benzene rings is 1. The SMILES string of the molecule is CCN(Cc1ccccc1)C(=O)c1cncc(NCCC(C)C)c1. The highest BCUT2D eigenvalue weighted by atomic mass is 16.2. The van der Waals surface area contributed by atoms with Crippen LogP contribution in [0.5, 0.6) is 0 Å². The van der Waals surface area contributed by atoms with Crippen LogP contribution < -0.4 is 5.32 Å². The Balaban J connectivity index is 2.04. The first-order valence-electron chi connectivity index (χ1n) is 8.62. The molecular weight excluding hydrogens is 298 g/mol. The summed E-state index contributed by atoms with van der Waals surface area (Å²) in [5.41, 5.74) is 2.66. The van der Waals surface area contributed by atoms with Crippen molar-refractivity contribution in [3.8, 4) is 0 Å². The molecule has 0 radical (unpaired) electrons. The highest BCUT2D eigenvalue weighted by molar-refractivity contribution is 5.94. The zero-order valence-electron chi connectivity index (χ0n) is 14.8. The number of aromatic nitrogens is 1. The summed E-state index contributed by atoms with van der Waals surface area (Å²) < 4.78 is 0. The molecule has 128 valence electrons. The molecule has 0 atom stereocenters. The van der Waals surface area contributed by atoms with Gasteiger partial charge in [0.1, 0.15) is 0 Å². The molecule has 0 aliphatic heterocycles. The number of hydrogen-bond acceptors (Lipinski definition) is 3. The number of nitrogens with zero attached hydrogens (tertiary/aromatic N) is 2. The minimum atomic E-state index is 0.0152. The van der Waals surface area contributed by atoms with Crippen molar-refractivity contribution in [2.75, 3.05) is 18.4 Å². The zero-order valence-corrected chi connectivity index (χ0v) is 14.8. The molecule has 4 heteroatoms. The van der Waals surface area contributed by atoms with Gasteiger partial charge >= 0.3 is 0 Å². The minimum absolute atomic E-state index is 0.0152. The number of anilines is 1. The molecule has 2 aromatic rings. The van der Waals surface area contributed by atoms with Crippen molar-refractivity contribution in [3.63, 3.8) is 0 Å². The molecule has 1 amide bonds. The van der Waals surface area contributed by atoms with E-state index in [0.29, 0.717) is 24.6 Å². The molecule has 0 aliphatic rings. The van der Waals surface area contributed by atoms with Gasteiger partial charge in [-0.1, -0.05) is 44.2 Å². The normalized spacial score (nSPS) is 10.7. The molecule has 0 bridgehead atoms. The Labute approximate surface area is 144 Å². The summed E-state index contributed by atoms with van der Waals surface area (Å²) in [6.07, 6.45) is 4.50. The Hall–Kier alpha value is -2.36. The number of hydrogen-bond donors (Lipinski definition) is 1. The molecule has 1 N–H and O–H groups in total. The number of rotatable bonds is 8. The summed E-state index contributed by atoms with van der Waals surface area (Å²) in [5.74, 6) is 0.665. The third kappa shape index (κ3) is 5.37. The minimum Gasteiger partial charge on any atom is -0.384 e. The predicted molar refractivity (Wildman–Crippen MR) is 99.0 cm³/mol. The fourth-order valence-electron chi connectivity index (χ4n) is 2.47. The summed E-state index contributed by atoms with van der Waals surface area (Å²) in [5, 5.41) is 3.34. The van der Waals surface area contributed by atoms with Gasteiger partial charge in [-0.3, -0.25) is 9.78 Å². The number of pyridine rings is 1. The van der Waals surface area contributed by atoms with Gasteiger partial charge in [0.2, 0.25) is 0 Å². The maximum absolute atomic E-state index is 12.8. The summed E-state index contributed by atoms with van der Waals surface area (Å²) in [7, 11) is 0. The van der Waals surface area contributed by atoms with E-state index in [4.69, 9.17) is 0 Å². The average Bonchev–Trinajstić information content (AvgIpc) is 2.60. The van der Waals surface area contributed by atoms with Gasteiger partial charge in [-0.2, -0.15) is 0 Å². The van der Waals surface area contributed by atoms with E-state index in [-0.39, 0.29) is 5.91 Å². The molecule has 1 heterocycles. The van der Waals surface area contributed by atoms with Crippen LogP contribution in [0.1, 0.15) is 43.1 Å². The smallest absolute Gasteiger partial charge is 0.255 e. The van der Waals surface area contributed by atoms with Crippen LogP contribution in [0.3, 0.4) is 0 Å². The van der Waals surface area contributed by atoms with Crippen LogP contribution in [-0.2, 0) is 6.54 Å². The third-order valence-corrected chi connectivity index (χ3v) is 3.92. The monoisotopic (exact) mass is 325 g/mol. The molecule has 0 saturated carbocycles. The molecule has 0 unspecified atom stereocenters. The van der Waals surface area contributed by atoms with Gasteiger partial charge in [-0.25, -0.2) is 0 Å². The molecule has 2 rings (SSSR count). The molecule has 0 spiro atoms. The van der Waals surface area contributed by atoms with Crippen molar-refractivity contribution in [3.05, 3.63) is 59.9 Å². The molecule has 1 aromatic carbocycles. The fraction of sp³-hybridized carbons (Fsp3) is 0.400. The highest BCUT2D eigenvalue weighted by Crippen LogP contribution is 2.14. The lowest BCUT2D eigenvalue weighted by Crippen LogP contribution is -2.30. The Morgan fingerprint density at radius 1 is 1.21 bits per heavy atom. The van der Waals surface area contributed by atoms with Crippen LogP contribution >= 0.6 is 0 Å². The molecule has 0 fully saturated rings. The first-order chi connectivity index (χ1) is 11.6. The van der Waals surface area contributed by atoms with Crippen molar-refractivity contribution in [2.24, 2.45) is 5.92 Å². The highest BCUT2D eigenvalue weighted by Gasteiger charge is 2.15. The first kappa shape index (κ1) is 18.0. The summed E-state index contributed by atoms with van der Waals surface area (Å²) in [6.45, 7) is 8.56. The standard InChI is InChI=1S/C20H27N3O/c1-4-23(15-17-8-6-5-7-9-17)20(24)18-12-19(14-21-13-18)22-11-10-16(2)3/h5-9,12-14,16,22H,4,10-11,15H2,1-3H3. The molecule has 24 heavy (non-hydrogen) atoms. The van der Waals surface area contributed by atoms with E-state index >= 15 is 0 Å². The number of amides is 1. The Bertz CT molecular complexity index is 640. The molecule has 4 nitrogen and oxygen atoms in total. The van der Waals surface area contributed by atoms with Crippen LogP contribution in [0.2, 0.25) is 0 Å². The van der Waals surface area contributed by atoms with Crippen LogP contribution in [0.25, 0.3) is 0 Å². The van der Waals surface area contributed by atoms with E-state index in [1.807, 2.05) is 48.2 Å². The average molecular weight is 325 g/mol. The first-order valence-corrected chi connectivity index (χ1v) is 8.62. The quantitative estimate of drug-likeness (QED) is 0.791. The lowest BCUT2D eigenvalue weighted by molar-refractivity contribution is 0.0752. The van der Waals surface area contributed by atoms with Gasteiger partial charge in [-0.05, 0) is 30.9 Å². The number of nitrogens with one attached hydrogen (secondary N) is 1. The van der Waals surface area contributed by atoms with Gasteiger partial charge < -0.3 is 10.2 Å².